The number of nitrogens with one attached hydrogen (secondary N) is 1. The zero-order valence-electron chi connectivity index (χ0n) is 13.7. The van der Waals surface area contributed by atoms with Crippen molar-refractivity contribution in [1.29, 1.82) is 0 Å². The number of rotatable bonds is 3. The van der Waals surface area contributed by atoms with Crippen LogP contribution in [0.4, 0.5) is 17.1 Å². The maximum Gasteiger partial charge on any atom is 0.256 e. The largest absolute Gasteiger partial charge is 0.399 e. The summed E-state index contributed by atoms with van der Waals surface area (Å²) in [6, 6.07) is 11.7. The molecule has 1 aliphatic heterocycles. The highest BCUT2D eigenvalue weighted by Crippen LogP contribution is 2.27. The molecule has 4 nitrogen and oxygen atoms in total. The van der Waals surface area contributed by atoms with Crippen molar-refractivity contribution in [2.75, 3.05) is 24.1 Å². The topological polar surface area (TPSA) is 58.4 Å². The highest BCUT2D eigenvalue weighted by atomic mass is 16.2. The number of hydrogen-bond donors (Lipinski definition) is 2. The average Bonchev–Trinajstić information content (AvgIpc) is 3.05. The number of benzene rings is 2. The quantitative estimate of drug-likeness (QED) is 0.846. The first kappa shape index (κ1) is 15.4. The predicted molar refractivity (Wildman–Crippen MR) is 95.2 cm³/mol. The molecule has 1 aliphatic rings. The normalized spacial score (nSPS) is 14.1. The third kappa shape index (κ3) is 3.31. The Morgan fingerprint density at radius 1 is 1.04 bits per heavy atom. The summed E-state index contributed by atoms with van der Waals surface area (Å²) in [6.45, 7) is 5.80. The van der Waals surface area contributed by atoms with E-state index in [0.29, 0.717) is 11.3 Å². The molecular formula is C19H23N3O. The van der Waals surface area contributed by atoms with Crippen LogP contribution in [0.25, 0.3) is 0 Å². The van der Waals surface area contributed by atoms with Crippen LogP contribution in [-0.4, -0.2) is 23.9 Å². The number of anilines is 3. The molecule has 1 amide bonds. The van der Waals surface area contributed by atoms with Gasteiger partial charge in [0.15, 0.2) is 0 Å². The minimum atomic E-state index is 0.0575. The van der Waals surface area contributed by atoms with Crippen LogP contribution >= 0.6 is 0 Å². The second kappa shape index (κ2) is 6.32. The van der Waals surface area contributed by atoms with E-state index in [-0.39, 0.29) is 5.91 Å². The molecule has 3 rings (SSSR count). The fraction of sp³-hybridized carbons (Fsp3) is 0.316. The first-order valence-corrected chi connectivity index (χ1v) is 8.07. The van der Waals surface area contributed by atoms with Gasteiger partial charge in [-0.05, 0) is 56.5 Å². The molecule has 120 valence electrons. The van der Waals surface area contributed by atoms with E-state index < -0.39 is 0 Å². The first-order chi connectivity index (χ1) is 11.0. The lowest BCUT2D eigenvalue weighted by Gasteiger charge is -2.19. The van der Waals surface area contributed by atoms with Crippen LogP contribution in [0.5, 0.6) is 0 Å². The highest BCUT2D eigenvalue weighted by molar-refractivity contribution is 6.01. The van der Waals surface area contributed by atoms with Crippen molar-refractivity contribution in [1.82, 2.24) is 4.90 Å². The van der Waals surface area contributed by atoms with Gasteiger partial charge in [-0.3, -0.25) is 4.79 Å². The molecule has 0 unspecified atom stereocenters. The number of nitrogens with zero attached hydrogens (tertiary/aromatic N) is 1. The standard InChI is InChI=1S/C19H23N3O/c1-13-5-7-17(14(2)11-13)21-18-8-6-15(20)12-16(18)19(23)22-9-3-4-10-22/h5-8,11-12,21H,3-4,9-10,20H2,1-2H3. The number of hydrogen-bond acceptors (Lipinski definition) is 3. The van der Waals surface area contributed by atoms with E-state index in [1.54, 1.807) is 6.07 Å². The molecule has 0 aliphatic carbocycles. The van der Waals surface area contributed by atoms with Gasteiger partial charge >= 0.3 is 0 Å². The van der Waals surface area contributed by atoms with E-state index in [0.717, 1.165) is 42.9 Å². The smallest absolute Gasteiger partial charge is 0.256 e. The molecule has 0 radical (unpaired) electrons. The number of nitrogen functional groups attached to an aromatic ring is 1. The number of amides is 1. The Hall–Kier alpha value is -2.49. The lowest BCUT2D eigenvalue weighted by Crippen LogP contribution is -2.28. The van der Waals surface area contributed by atoms with Crippen molar-refractivity contribution in [2.24, 2.45) is 0 Å². The summed E-state index contributed by atoms with van der Waals surface area (Å²) in [5, 5.41) is 3.40. The minimum Gasteiger partial charge on any atom is -0.399 e. The number of carbonyl (C=O) groups excluding carboxylic acids is 1. The van der Waals surface area contributed by atoms with Crippen LogP contribution < -0.4 is 11.1 Å². The van der Waals surface area contributed by atoms with E-state index in [9.17, 15) is 4.79 Å². The molecule has 0 spiro atoms. The van der Waals surface area contributed by atoms with Crippen LogP contribution in [0.3, 0.4) is 0 Å². The molecule has 0 bridgehead atoms. The van der Waals surface area contributed by atoms with Crippen molar-refractivity contribution in [3.63, 3.8) is 0 Å². The summed E-state index contributed by atoms with van der Waals surface area (Å²) in [4.78, 5) is 14.7. The third-order valence-electron chi connectivity index (χ3n) is 4.32. The fourth-order valence-corrected chi connectivity index (χ4v) is 3.04. The molecule has 23 heavy (non-hydrogen) atoms. The zero-order valence-corrected chi connectivity index (χ0v) is 13.7. The maximum atomic E-state index is 12.8. The Morgan fingerprint density at radius 3 is 2.43 bits per heavy atom. The molecule has 1 saturated heterocycles. The SMILES string of the molecule is Cc1ccc(Nc2ccc(N)cc2C(=O)N2CCCC2)c(C)c1. The van der Waals surface area contributed by atoms with Crippen LogP contribution in [0, 0.1) is 13.8 Å². The lowest BCUT2D eigenvalue weighted by molar-refractivity contribution is 0.0794. The van der Waals surface area contributed by atoms with Crippen LogP contribution in [-0.2, 0) is 0 Å². The average molecular weight is 309 g/mol. The monoisotopic (exact) mass is 309 g/mol. The van der Waals surface area contributed by atoms with Gasteiger partial charge in [0.1, 0.15) is 0 Å². The van der Waals surface area contributed by atoms with Crippen molar-refractivity contribution < 1.29 is 4.79 Å². The van der Waals surface area contributed by atoms with Gasteiger partial charge in [0.2, 0.25) is 0 Å². The molecule has 4 heteroatoms. The summed E-state index contributed by atoms with van der Waals surface area (Å²) in [7, 11) is 0. The molecule has 3 N–H and O–H groups in total. The predicted octanol–water partition coefficient (Wildman–Crippen LogP) is 3.87. The summed E-state index contributed by atoms with van der Waals surface area (Å²) in [5.41, 5.74) is 11.4. The second-order valence-electron chi connectivity index (χ2n) is 6.25. The maximum absolute atomic E-state index is 12.8. The van der Waals surface area contributed by atoms with Gasteiger partial charge < -0.3 is 16.0 Å². The lowest BCUT2D eigenvalue weighted by atomic mass is 10.1. The van der Waals surface area contributed by atoms with Crippen LogP contribution in [0.15, 0.2) is 36.4 Å². The molecule has 1 fully saturated rings. The molecule has 2 aromatic rings. The molecule has 0 aromatic heterocycles. The number of likely N-dealkylation sites (tertiary alicyclic amines) is 1. The van der Waals surface area contributed by atoms with Gasteiger partial charge in [-0.15, -0.1) is 0 Å². The van der Waals surface area contributed by atoms with Crippen molar-refractivity contribution in [3.8, 4) is 0 Å². The highest BCUT2D eigenvalue weighted by Gasteiger charge is 2.22. The summed E-state index contributed by atoms with van der Waals surface area (Å²) >= 11 is 0. The van der Waals surface area contributed by atoms with E-state index in [1.807, 2.05) is 23.1 Å². The Balaban J connectivity index is 1.93. The molecule has 0 atom stereocenters. The van der Waals surface area contributed by atoms with E-state index >= 15 is 0 Å². The third-order valence-corrected chi connectivity index (χ3v) is 4.32. The Morgan fingerprint density at radius 2 is 1.74 bits per heavy atom. The summed E-state index contributed by atoms with van der Waals surface area (Å²) in [5.74, 6) is 0.0575. The van der Waals surface area contributed by atoms with Crippen molar-refractivity contribution in [2.45, 2.75) is 26.7 Å². The zero-order chi connectivity index (χ0) is 16.4. The number of carbonyl (C=O) groups is 1. The second-order valence-corrected chi connectivity index (χ2v) is 6.25. The van der Waals surface area contributed by atoms with Gasteiger partial charge in [0.25, 0.3) is 5.91 Å². The van der Waals surface area contributed by atoms with E-state index in [4.69, 9.17) is 5.73 Å². The van der Waals surface area contributed by atoms with Gasteiger partial charge in [-0.2, -0.15) is 0 Å². The van der Waals surface area contributed by atoms with Crippen LogP contribution in [0.1, 0.15) is 34.3 Å². The first-order valence-electron chi connectivity index (χ1n) is 8.07. The summed E-state index contributed by atoms with van der Waals surface area (Å²) < 4.78 is 0. The Labute approximate surface area is 137 Å². The van der Waals surface area contributed by atoms with Gasteiger partial charge in [0, 0.05) is 24.5 Å². The number of aryl methyl sites for hydroxylation is 2. The van der Waals surface area contributed by atoms with Gasteiger partial charge in [0.05, 0.1) is 11.3 Å². The number of nitrogens with two attached hydrogens (primary N) is 1. The molecule has 1 heterocycles. The molecule has 0 saturated carbocycles. The van der Waals surface area contributed by atoms with Gasteiger partial charge in [-0.25, -0.2) is 0 Å². The Kier molecular flexibility index (Phi) is 4.24. The van der Waals surface area contributed by atoms with E-state index in [2.05, 4.69) is 31.3 Å². The minimum absolute atomic E-state index is 0.0575. The van der Waals surface area contributed by atoms with Crippen molar-refractivity contribution >= 4 is 23.0 Å². The fourth-order valence-electron chi connectivity index (χ4n) is 3.04. The van der Waals surface area contributed by atoms with Crippen molar-refractivity contribution in [3.05, 3.63) is 53.1 Å². The van der Waals surface area contributed by atoms with Gasteiger partial charge in [-0.1, -0.05) is 17.7 Å². The molecular weight excluding hydrogens is 286 g/mol. The summed E-state index contributed by atoms with van der Waals surface area (Å²) in [6.07, 6.45) is 2.15. The molecule has 2 aromatic carbocycles. The van der Waals surface area contributed by atoms with Crippen LogP contribution in [0.2, 0.25) is 0 Å². The Bertz CT molecular complexity index is 733. The van der Waals surface area contributed by atoms with E-state index in [1.165, 1.54) is 5.56 Å².